The van der Waals surface area contributed by atoms with Crippen LogP contribution in [0.25, 0.3) is 0 Å². The van der Waals surface area contributed by atoms with Gasteiger partial charge in [-0.1, -0.05) is 0 Å². The van der Waals surface area contributed by atoms with Crippen molar-refractivity contribution in [2.45, 2.75) is 105 Å². The van der Waals surface area contributed by atoms with Crippen molar-refractivity contribution in [1.29, 1.82) is 0 Å². The van der Waals surface area contributed by atoms with Crippen molar-refractivity contribution >= 4 is 20.6 Å². The van der Waals surface area contributed by atoms with Crippen LogP contribution in [-0.4, -0.2) is 59.8 Å². The van der Waals surface area contributed by atoms with E-state index in [0.717, 1.165) is 6.67 Å². The summed E-state index contributed by atoms with van der Waals surface area (Å²) in [5.74, 6) is 0. The Bertz CT molecular complexity index is 302. The van der Waals surface area contributed by atoms with Crippen molar-refractivity contribution in [3.63, 3.8) is 0 Å². The van der Waals surface area contributed by atoms with Gasteiger partial charge in [0.2, 0.25) is 0 Å². The Hall–Kier alpha value is 0.679. The second-order valence-electron chi connectivity index (χ2n) is 8.56. The normalized spacial score (nSPS) is 22.4. The molecule has 0 aromatic rings. The van der Waals surface area contributed by atoms with Crippen molar-refractivity contribution in [3.8, 4) is 0 Å². The molecule has 4 heteroatoms. The van der Waals surface area contributed by atoms with Gasteiger partial charge >= 0.3 is 142 Å². The Morgan fingerprint density at radius 3 is 1.43 bits per heavy atom. The van der Waals surface area contributed by atoms with Gasteiger partial charge in [-0.3, -0.25) is 0 Å². The summed E-state index contributed by atoms with van der Waals surface area (Å²) in [6, 6.07) is 1.40. The van der Waals surface area contributed by atoms with Crippen LogP contribution in [0.2, 0.25) is 0 Å². The zero-order chi connectivity index (χ0) is 16.6. The third-order valence-corrected chi connectivity index (χ3v) is 16.0. The van der Waals surface area contributed by atoms with Gasteiger partial charge in [0.25, 0.3) is 0 Å². The molecule has 1 rings (SSSR count). The summed E-state index contributed by atoms with van der Waals surface area (Å²) in [4.78, 5) is 0. The van der Waals surface area contributed by atoms with Gasteiger partial charge in [0.05, 0.1) is 0 Å². The van der Waals surface area contributed by atoms with Gasteiger partial charge in [-0.2, -0.15) is 0 Å². The van der Waals surface area contributed by atoms with E-state index in [9.17, 15) is 0 Å². The van der Waals surface area contributed by atoms with Crippen molar-refractivity contribution in [3.05, 3.63) is 0 Å². The van der Waals surface area contributed by atoms with Crippen LogP contribution < -0.4 is 0 Å². The molecule has 0 saturated carbocycles. The molecule has 0 aromatic carbocycles. The van der Waals surface area contributed by atoms with E-state index in [1.807, 2.05) is 0 Å². The van der Waals surface area contributed by atoms with E-state index in [2.05, 4.69) is 78.6 Å². The summed E-state index contributed by atoms with van der Waals surface area (Å²) in [6.07, 6.45) is 2.51. The number of hydrogen-bond donors (Lipinski definition) is 0. The van der Waals surface area contributed by atoms with Gasteiger partial charge in [-0.05, 0) is 0 Å². The average Bonchev–Trinajstić information content (AvgIpc) is 2.28. The summed E-state index contributed by atoms with van der Waals surface area (Å²) < 4.78 is 8.62. The summed E-state index contributed by atoms with van der Waals surface area (Å²) >= 11 is -1.94. The molecule has 1 aliphatic heterocycles. The predicted octanol–water partition coefficient (Wildman–Crippen LogP) is 4.04. The van der Waals surface area contributed by atoms with E-state index in [1.165, 1.54) is 12.8 Å². The quantitative estimate of drug-likeness (QED) is 0.642. The Balaban J connectivity index is 3.12. The molecule has 0 spiro atoms. The zero-order valence-corrected chi connectivity index (χ0v) is 19.0. The van der Waals surface area contributed by atoms with Gasteiger partial charge in [0.15, 0.2) is 0 Å². The molecule has 125 valence electrons. The van der Waals surface area contributed by atoms with Crippen LogP contribution in [0.3, 0.4) is 0 Å². The third-order valence-electron chi connectivity index (χ3n) is 4.75. The van der Waals surface area contributed by atoms with E-state index < -0.39 is 20.6 Å². The number of rotatable bonds is 5. The third kappa shape index (κ3) is 4.36. The van der Waals surface area contributed by atoms with E-state index >= 15 is 0 Å². The van der Waals surface area contributed by atoms with Crippen molar-refractivity contribution in [2.75, 3.05) is 6.67 Å². The first-order valence-electron chi connectivity index (χ1n) is 8.65. The Kier molecular flexibility index (Phi) is 6.63. The molecule has 0 bridgehead atoms. The second kappa shape index (κ2) is 7.06. The van der Waals surface area contributed by atoms with E-state index in [4.69, 9.17) is 0 Å². The Labute approximate surface area is 141 Å². The molecule has 0 aliphatic carbocycles. The van der Waals surface area contributed by atoms with E-state index in [-0.39, 0.29) is 0 Å². The minimum absolute atomic E-state index is 0.301. The first kappa shape index (κ1) is 19.7. The van der Waals surface area contributed by atoms with Crippen molar-refractivity contribution < 1.29 is 0 Å². The molecule has 2 atom stereocenters. The maximum atomic E-state index is 2.93. The molecule has 1 aliphatic rings. The van der Waals surface area contributed by atoms with Gasteiger partial charge in [0, 0.05) is 0 Å². The summed E-state index contributed by atoms with van der Waals surface area (Å²) in [5.41, 5.74) is 0.603. The monoisotopic (exact) mass is 404 g/mol. The first-order valence-corrected chi connectivity index (χ1v) is 12.5. The molecule has 3 nitrogen and oxygen atoms in total. The van der Waals surface area contributed by atoms with E-state index in [0.29, 0.717) is 23.2 Å². The fraction of sp³-hybridized carbons (Fsp3) is 1.00. The van der Waals surface area contributed by atoms with Gasteiger partial charge in [0.1, 0.15) is 0 Å². The number of nitrogens with zero attached hydrogens (tertiary/aromatic N) is 3. The van der Waals surface area contributed by atoms with Crippen LogP contribution in [-0.2, 0) is 0 Å². The first-order chi connectivity index (χ1) is 9.45. The van der Waals surface area contributed by atoms with E-state index in [1.54, 1.807) is 0 Å². The molecule has 0 N–H and O–H groups in total. The van der Waals surface area contributed by atoms with Gasteiger partial charge < -0.3 is 0 Å². The zero-order valence-electron chi connectivity index (χ0n) is 16.1. The average molecular weight is 403 g/mol. The topological polar surface area (TPSA) is 9.72 Å². The van der Waals surface area contributed by atoms with Crippen molar-refractivity contribution in [1.82, 2.24) is 9.36 Å². The van der Waals surface area contributed by atoms with Crippen LogP contribution in [0.5, 0.6) is 0 Å². The fourth-order valence-electron chi connectivity index (χ4n) is 2.86. The molecule has 1 heterocycles. The fourth-order valence-corrected chi connectivity index (χ4v) is 12.9. The number of hydrogen-bond acceptors (Lipinski definition) is 3. The molecule has 1 saturated heterocycles. The molecular weight excluding hydrogens is 365 g/mol. The molecule has 0 amide bonds. The molecule has 1 fully saturated rings. The SMILES string of the molecule is CCC(C)[N](C(C)CC)[Sn]1[N](C(C)(C)C)C[N]1C(C)(C)C. The molecule has 21 heavy (non-hydrogen) atoms. The van der Waals surface area contributed by atoms with Crippen LogP contribution in [0.15, 0.2) is 0 Å². The summed E-state index contributed by atoms with van der Waals surface area (Å²) in [5, 5.41) is 0. The van der Waals surface area contributed by atoms with Crippen LogP contribution in [0, 0.1) is 0 Å². The van der Waals surface area contributed by atoms with Crippen LogP contribution in [0.1, 0.15) is 82.1 Å². The Morgan fingerprint density at radius 2 is 1.19 bits per heavy atom. The van der Waals surface area contributed by atoms with Gasteiger partial charge in [-0.15, -0.1) is 0 Å². The molecule has 0 aromatic heterocycles. The second-order valence-corrected chi connectivity index (χ2v) is 14.8. The summed E-state index contributed by atoms with van der Waals surface area (Å²) in [7, 11) is 0. The molecular formula is C17H38N3Sn. The Morgan fingerprint density at radius 1 is 0.857 bits per heavy atom. The molecule has 2 unspecified atom stereocenters. The van der Waals surface area contributed by atoms with Crippen molar-refractivity contribution in [2.24, 2.45) is 0 Å². The minimum atomic E-state index is -1.94. The van der Waals surface area contributed by atoms with Crippen LogP contribution in [0.4, 0.5) is 0 Å². The molecule has 1 radical (unpaired) electrons. The van der Waals surface area contributed by atoms with Gasteiger partial charge in [-0.25, -0.2) is 0 Å². The maximum absolute atomic E-state index is 2.93. The van der Waals surface area contributed by atoms with Crippen LogP contribution >= 0.6 is 0 Å². The standard InChI is InChI=1S/C9H20N2.C8H18N.Sn/c1-8(2,3)10-7-11-9(4,5)6;1-5-7(3)9-8(4)6-2;/h7H2,1-6H3;7-8H,5-6H2,1-4H3;/q-2;-1;+3. The summed E-state index contributed by atoms with van der Waals surface area (Å²) in [6.45, 7) is 25.0. The predicted molar refractivity (Wildman–Crippen MR) is 95.2 cm³/mol.